The van der Waals surface area contributed by atoms with Crippen molar-refractivity contribution in [1.29, 1.82) is 0 Å². The van der Waals surface area contributed by atoms with Crippen LogP contribution in [0, 0.1) is 10.8 Å². The third-order valence-electron chi connectivity index (χ3n) is 3.26. The highest BCUT2D eigenvalue weighted by atomic mass is 16.1. The predicted molar refractivity (Wildman–Crippen MR) is 53.5 cm³/mol. The second-order valence-electron chi connectivity index (χ2n) is 4.94. The second kappa shape index (κ2) is 3.60. The Bertz CT molecular complexity index is 224. The highest BCUT2D eigenvalue weighted by molar-refractivity contribution is 5.84. The molecule has 2 heteroatoms. The van der Waals surface area contributed by atoms with Crippen molar-refractivity contribution in [2.45, 2.75) is 48.0 Å². The molecule has 0 spiro atoms. The molecule has 0 aliphatic carbocycles. The fraction of sp³-hybridized carbons (Fsp3) is 0.818. The maximum Gasteiger partial charge on any atom is 0.135 e. The molecule has 0 radical (unpaired) electrons. The Kier molecular flexibility index (Phi) is 3.42. The average Bonchev–Trinajstić information content (AvgIpc) is 1.83. The van der Waals surface area contributed by atoms with Gasteiger partial charge in [0, 0.05) is 11.8 Å². The van der Waals surface area contributed by atoms with Gasteiger partial charge in [-0.3, -0.25) is 4.79 Å². The first kappa shape index (κ1) is 12.3. The van der Waals surface area contributed by atoms with E-state index in [0.29, 0.717) is 6.42 Å². The lowest BCUT2D eigenvalue weighted by atomic mass is 9.63. The second-order valence-corrected chi connectivity index (χ2v) is 4.94. The van der Waals surface area contributed by atoms with Gasteiger partial charge in [0.1, 0.15) is 11.6 Å². The van der Waals surface area contributed by atoms with E-state index in [1.54, 1.807) is 13.8 Å². The van der Waals surface area contributed by atoms with E-state index in [9.17, 15) is 9.59 Å². The van der Waals surface area contributed by atoms with Gasteiger partial charge in [-0.25, -0.2) is 0 Å². The first-order valence-corrected chi connectivity index (χ1v) is 4.62. The molecule has 13 heavy (non-hydrogen) atoms. The lowest BCUT2D eigenvalue weighted by Crippen LogP contribution is -2.39. The highest BCUT2D eigenvalue weighted by Crippen LogP contribution is 2.41. The van der Waals surface area contributed by atoms with Gasteiger partial charge < -0.3 is 4.79 Å². The lowest BCUT2D eigenvalue weighted by molar-refractivity contribution is -0.133. The minimum absolute atomic E-state index is 0.138. The molecule has 0 bridgehead atoms. The van der Waals surface area contributed by atoms with Crippen molar-refractivity contribution >= 4 is 11.6 Å². The maximum atomic E-state index is 11.4. The van der Waals surface area contributed by atoms with Crippen LogP contribution in [0.5, 0.6) is 0 Å². The van der Waals surface area contributed by atoms with E-state index in [2.05, 4.69) is 0 Å². The van der Waals surface area contributed by atoms with Crippen LogP contribution in [0.3, 0.4) is 0 Å². The van der Waals surface area contributed by atoms with Gasteiger partial charge in [-0.05, 0) is 19.3 Å². The molecule has 0 fully saturated rings. The minimum atomic E-state index is -0.432. The molecule has 76 valence electrons. The zero-order chi connectivity index (χ0) is 10.9. The summed E-state index contributed by atoms with van der Waals surface area (Å²) in [6.07, 6.45) is 0.458. The molecule has 0 N–H and O–H groups in total. The number of carbonyl (C=O) groups excluding carboxylic acids is 2. The summed E-state index contributed by atoms with van der Waals surface area (Å²) in [5.41, 5.74) is -0.691. The molecule has 0 atom stereocenters. The van der Waals surface area contributed by atoms with Crippen molar-refractivity contribution in [2.75, 3.05) is 0 Å². The zero-order valence-electron chi connectivity index (χ0n) is 9.52. The average molecular weight is 184 g/mol. The molecule has 0 rings (SSSR count). The Morgan fingerprint density at radius 2 is 1.38 bits per heavy atom. The number of ketones is 2. The van der Waals surface area contributed by atoms with E-state index < -0.39 is 5.41 Å². The van der Waals surface area contributed by atoms with Crippen LogP contribution in [0.4, 0.5) is 0 Å². The van der Waals surface area contributed by atoms with Crippen LogP contribution in [0.1, 0.15) is 48.0 Å². The summed E-state index contributed by atoms with van der Waals surface area (Å²) in [6.45, 7) is 10.9. The van der Waals surface area contributed by atoms with Crippen LogP contribution in [-0.4, -0.2) is 11.6 Å². The van der Waals surface area contributed by atoms with Gasteiger partial charge in [0.15, 0.2) is 0 Å². The molecule has 0 aromatic heterocycles. The van der Waals surface area contributed by atoms with Crippen LogP contribution in [-0.2, 0) is 9.59 Å². The number of carbonyl (C=O) groups is 2. The van der Waals surface area contributed by atoms with E-state index in [1.165, 1.54) is 0 Å². The van der Waals surface area contributed by atoms with Gasteiger partial charge in [0.2, 0.25) is 0 Å². The standard InChI is InChI=1S/C11H20O2/c1-8(12)7-10(3,4)11(5,6)9(2)13/h7H2,1-6H3. The molecule has 0 aromatic rings. The van der Waals surface area contributed by atoms with E-state index in [4.69, 9.17) is 0 Å². The van der Waals surface area contributed by atoms with Gasteiger partial charge in [0.25, 0.3) is 0 Å². The number of Topliss-reactive ketones (excluding diaryl/α,β-unsaturated/α-hetero) is 2. The SMILES string of the molecule is CC(=O)CC(C)(C)C(C)(C)C(C)=O. The minimum Gasteiger partial charge on any atom is -0.300 e. The fourth-order valence-electron chi connectivity index (χ4n) is 1.32. The topological polar surface area (TPSA) is 34.1 Å². The summed E-state index contributed by atoms with van der Waals surface area (Å²) in [4.78, 5) is 22.4. The maximum absolute atomic E-state index is 11.4. The molecule has 0 heterocycles. The van der Waals surface area contributed by atoms with E-state index in [-0.39, 0.29) is 17.0 Å². The van der Waals surface area contributed by atoms with Crippen LogP contribution < -0.4 is 0 Å². The molecule has 0 unspecified atom stereocenters. The van der Waals surface area contributed by atoms with Gasteiger partial charge >= 0.3 is 0 Å². The lowest BCUT2D eigenvalue weighted by Gasteiger charge is -2.39. The molecule has 0 aliphatic heterocycles. The Hall–Kier alpha value is -0.660. The first-order valence-electron chi connectivity index (χ1n) is 4.62. The molecular weight excluding hydrogens is 164 g/mol. The van der Waals surface area contributed by atoms with Gasteiger partial charge in [-0.1, -0.05) is 27.7 Å². The van der Waals surface area contributed by atoms with Gasteiger partial charge in [-0.2, -0.15) is 0 Å². The van der Waals surface area contributed by atoms with Crippen molar-refractivity contribution in [3.8, 4) is 0 Å². The molecule has 0 aromatic carbocycles. The summed E-state index contributed by atoms with van der Waals surface area (Å²) in [5, 5.41) is 0. The van der Waals surface area contributed by atoms with E-state index >= 15 is 0 Å². The van der Waals surface area contributed by atoms with Crippen LogP contribution >= 0.6 is 0 Å². The summed E-state index contributed by atoms with van der Waals surface area (Å²) >= 11 is 0. The van der Waals surface area contributed by atoms with E-state index in [1.807, 2.05) is 27.7 Å². The van der Waals surface area contributed by atoms with E-state index in [0.717, 1.165) is 0 Å². The fourth-order valence-corrected chi connectivity index (χ4v) is 1.32. The Labute approximate surface area is 80.7 Å². The summed E-state index contributed by atoms with van der Waals surface area (Å²) in [5.74, 6) is 0.276. The molecule has 0 aliphatic rings. The number of rotatable bonds is 4. The van der Waals surface area contributed by atoms with Crippen LogP contribution in [0.15, 0.2) is 0 Å². The van der Waals surface area contributed by atoms with Crippen LogP contribution in [0.25, 0.3) is 0 Å². The third kappa shape index (κ3) is 2.64. The monoisotopic (exact) mass is 184 g/mol. The van der Waals surface area contributed by atoms with Crippen molar-refractivity contribution < 1.29 is 9.59 Å². The summed E-state index contributed by atoms with van der Waals surface area (Å²) < 4.78 is 0. The van der Waals surface area contributed by atoms with Gasteiger partial charge in [-0.15, -0.1) is 0 Å². The highest BCUT2D eigenvalue weighted by Gasteiger charge is 2.41. The van der Waals surface area contributed by atoms with Crippen molar-refractivity contribution in [2.24, 2.45) is 10.8 Å². The quantitative estimate of drug-likeness (QED) is 0.673. The number of hydrogen-bond donors (Lipinski definition) is 0. The Morgan fingerprint density at radius 3 is 1.62 bits per heavy atom. The van der Waals surface area contributed by atoms with Crippen LogP contribution in [0.2, 0.25) is 0 Å². The zero-order valence-corrected chi connectivity index (χ0v) is 9.52. The summed E-state index contributed by atoms with van der Waals surface area (Å²) in [7, 11) is 0. The Balaban J connectivity index is 4.80. The Morgan fingerprint density at radius 1 is 1.00 bits per heavy atom. The van der Waals surface area contributed by atoms with Crippen molar-refractivity contribution in [3.63, 3.8) is 0 Å². The largest absolute Gasteiger partial charge is 0.300 e. The first-order chi connectivity index (χ1) is 5.61. The number of hydrogen-bond acceptors (Lipinski definition) is 2. The summed E-state index contributed by atoms with van der Waals surface area (Å²) in [6, 6.07) is 0. The van der Waals surface area contributed by atoms with Crippen molar-refractivity contribution in [1.82, 2.24) is 0 Å². The predicted octanol–water partition coefficient (Wildman–Crippen LogP) is 2.61. The van der Waals surface area contributed by atoms with Crippen molar-refractivity contribution in [3.05, 3.63) is 0 Å². The molecular formula is C11H20O2. The normalized spacial score (nSPS) is 12.8. The third-order valence-corrected chi connectivity index (χ3v) is 3.26. The molecule has 2 nitrogen and oxygen atoms in total. The molecule has 0 amide bonds. The molecule has 0 saturated heterocycles. The van der Waals surface area contributed by atoms with Gasteiger partial charge in [0.05, 0.1) is 0 Å². The smallest absolute Gasteiger partial charge is 0.135 e. The molecule has 0 saturated carbocycles.